The number of carbonyl (C=O) groups is 3. The SMILES string of the molecule is C=CCN(Cc1ccccc1)C(=O)[C@H]1[C@H]2C(=O)N([C@@H](CO)[C@@H](C)CC)C(C(=O)N(CC=C)c3ccc(Cl)cc3)C23CC[C@]1(CC)O3. The molecule has 0 radical (unpaired) electrons. The van der Waals surface area contributed by atoms with Crippen LogP contribution in [0.25, 0.3) is 0 Å². The zero-order valence-corrected chi connectivity index (χ0v) is 27.9. The summed E-state index contributed by atoms with van der Waals surface area (Å²) in [6.45, 7) is 14.3. The van der Waals surface area contributed by atoms with Gasteiger partial charge in [-0.25, -0.2) is 0 Å². The lowest BCUT2D eigenvalue weighted by Crippen LogP contribution is -2.60. The van der Waals surface area contributed by atoms with Crippen LogP contribution in [0.5, 0.6) is 0 Å². The van der Waals surface area contributed by atoms with E-state index in [4.69, 9.17) is 16.3 Å². The number of hydrogen-bond donors (Lipinski definition) is 1. The fourth-order valence-corrected chi connectivity index (χ4v) is 8.22. The van der Waals surface area contributed by atoms with E-state index in [-0.39, 0.29) is 36.8 Å². The van der Waals surface area contributed by atoms with Crippen LogP contribution in [0.2, 0.25) is 5.02 Å². The predicted molar refractivity (Wildman–Crippen MR) is 180 cm³/mol. The summed E-state index contributed by atoms with van der Waals surface area (Å²) in [6, 6.07) is 15.0. The summed E-state index contributed by atoms with van der Waals surface area (Å²) in [5.74, 6) is -2.58. The molecule has 3 aliphatic rings. The largest absolute Gasteiger partial charge is 0.394 e. The molecule has 2 bridgehead atoms. The molecule has 2 aromatic rings. The number of ether oxygens (including phenoxy) is 1. The Morgan fingerprint density at radius 1 is 1.07 bits per heavy atom. The van der Waals surface area contributed by atoms with Gasteiger partial charge in [0.25, 0.3) is 5.91 Å². The summed E-state index contributed by atoms with van der Waals surface area (Å²) >= 11 is 6.19. The molecular formula is C37H46ClN3O5. The molecule has 3 fully saturated rings. The highest BCUT2D eigenvalue weighted by Gasteiger charge is 2.79. The Labute approximate surface area is 277 Å². The Bertz CT molecular complexity index is 1450. The molecule has 3 saturated heterocycles. The molecule has 0 saturated carbocycles. The molecule has 246 valence electrons. The molecule has 3 heterocycles. The number of halogens is 1. The maximum absolute atomic E-state index is 15.0. The van der Waals surface area contributed by atoms with Crippen molar-refractivity contribution in [2.75, 3.05) is 24.6 Å². The summed E-state index contributed by atoms with van der Waals surface area (Å²) in [7, 11) is 0. The molecule has 3 aliphatic heterocycles. The Hall–Kier alpha value is -3.46. The Morgan fingerprint density at radius 3 is 2.33 bits per heavy atom. The second kappa shape index (κ2) is 13.7. The van der Waals surface area contributed by atoms with E-state index in [1.807, 2.05) is 51.1 Å². The molecule has 46 heavy (non-hydrogen) atoms. The lowest BCUT2D eigenvalue weighted by Gasteiger charge is -2.41. The zero-order valence-electron chi connectivity index (χ0n) is 27.1. The molecule has 7 atom stereocenters. The second-order valence-corrected chi connectivity index (χ2v) is 13.4. The van der Waals surface area contributed by atoms with Crippen LogP contribution in [0.1, 0.15) is 52.0 Å². The summed E-state index contributed by atoms with van der Waals surface area (Å²) in [5, 5.41) is 11.3. The van der Waals surface area contributed by atoms with Crippen LogP contribution in [0.4, 0.5) is 5.69 Å². The average molecular weight is 648 g/mol. The van der Waals surface area contributed by atoms with Crippen molar-refractivity contribution in [1.29, 1.82) is 0 Å². The highest BCUT2D eigenvalue weighted by molar-refractivity contribution is 6.30. The highest BCUT2D eigenvalue weighted by atomic mass is 35.5. The maximum Gasteiger partial charge on any atom is 0.253 e. The number of hydrogen-bond acceptors (Lipinski definition) is 5. The minimum absolute atomic E-state index is 0.107. The van der Waals surface area contributed by atoms with Gasteiger partial charge in [-0.2, -0.15) is 0 Å². The van der Waals surface area contributed by atoms with Crippen LogP contribution in [-0.4, -0.2) is 75.6 Å². The van der Waals surface area contributed by atoms with Crippen molar-refractivity contribution in [3.63, 3.8) is 0 Å². The number of rotatable bonds is 14. The van der Waals surface area contributed by atoms with E-state index in [0.29, 0.717) is 49.5 Å². The van der Waals surface area contributed by atoms with E-state index < -0.39 is 35.1 Å². The van der Waals surface area contributed by atoms with E-state index in [2.05, 4.69) is 13.2 Å². The van der Waals surface area contributed by atoms with Gasteiger partial charge in [-0.15, -0.1) is 13.2 Å². The number of benzene rings is 2. The molecule has 0 aromatic heterocycles. The van der Waals surface area contributed by atoms with E-state index in [0.717, 1.165) is 5.56 Å². The number of likely N-dealkylation sites (tertiary alicyclic amines) is 1. The monoisotopic (exact) mass is 647 g/mol. The first-order chi connectivity index (χ1) is 22.1. The highest BCUT2D eigenvalue weighted by Crippen LogP contribution is 2.65. The van der Waals surface area contributed by atoms with Crippen molar-refractivity contribution in [1.82, 2.24) is 9.80 Å². The molecule has 1 spiro atoms. The standard InChI is InChI=1S/C37H46ClN3O5/c1-6-21-39(23-26-13-11-10-12-14-26)33(43)30-31-34(44)41(29(24-42)25(5)8-3)32(37(31)20-19-36(30,9-4)46-37)35(45)40(22-7-2)28-17-15-27(38)16-18-28/h6-7,10-18,25,29-32,42H,1-2,8-9,19-24H2,3-5H3/t25-,29-,30+,31-,32?,36-,37?/m0/s1. The molecule has 2 unspecified atom stereocenters. The van der Waals surface area contributed by atoms with Gasteiger partial charge in [0.1, 0.15) is 11.6 Å². The summed E-state index contributed by atoms with van der Waals surface area (Å²) in [5.41, 5.74) is -0.554. The fraction of sp³-hybridized carbons (Fsp3) is 0.486. The van der Waals surface area contributed by atoms with Gasteiger partial charge in [0.15, 0.2) is 0 Å². The summed E-state index contributed by atoms with van der Waals surface area (Å²) in [4.78, 5) is 49.5. The van der Waals surface area contributed by atoms with Crippen LogP contribution in [0.15, 0.2) is 79.9 Å². The number of fused-ring (bicyclic) bond motifs is 1. The van der Waals surface area contributed by atoms with Gasteiger partial charge in [-0.3, -0.25) is 14.4 Å². The van der Waals surface area contributed by atoms with E-state index in [1.54, 1.807) is 51.1 Å². The Balaban J connectivity index is 1.64. The predicted octanol–water partition coefficient (Wildman–Crippen LogP) is 5.64. The van der Waals surface area contributed by atoms with Gasteiger partial charge in [0, 0.05) is 30.3 Å². The van der Waals surface area contributed by atoms with Gasteiger partial charge in [0.05, 0.1) is 30.1 Å². The topological polar surface area (TPSA) is 90.4 Å². The van der Waals surface area contributed by atoms with Crippen LogP contribution in [0, 0.1) is 17.8 Å². The molecule has 9 heteroatoms. The van der Waals surface area contributed by atoms with E-state index in [9.17, 15) is 19.5 Å². The quantitative estimate of drug-likeness (QED) is 0.268. The zero-order chi connectivity index (χ0) is 33.2. The van der Waals surface area contributed by atoms with Crippen LogP contribution in [-0.2, 0) is 25.7 Å². The molecule has 2 aromatic carbocycles. The normalized spacial score (nSPS) is 27.6. The fourth-order valence-electron chi connectivity index (χ4n) is 8.09. The molecule has 8 nitrogen and oxygen atoms in total. The molecule has 0 aliphatic carbocycles. The molecule has 1 N–H and O–H groups in total. The molecule has 3 amide bonds. The smallest absolute Gasteiger partial charge is 0.253 e. The third kappa shape index (κ3) is 5.58. The number of amides is 3. The van der Waals surface area contributed by atoms with Crippen molar-refractivity contribution < 1.29 is 24.2 Å². The second-order valence-electron chi connectivity index (χ2n) is 12.9. The first-order valence-electron chi connectivity index (χ1n) is 16.4. The third-order valence-electron chi connectivity index (χ3n) is 10.6. The Kier molecular flexibility index (Phi) is 10.1. The lowest BCUT2D eigenvalue weighted by atomic mass is 9.64. The van der Waals surface area contributed by atoms with Gasteiger partial charge in [0.2, 0.25) is 11.8 Å². The number of anilines is 1. The summed E-state index contributed by atoms with van der Waals surface area (Å²) in [6.07, 6.45) is 5.55. The first kappa shape index (κ1) is 33.9. The molecular weight excluding hydrogens is 602 g/mol. The van der Waals surface area contributed by atoms with Crippen molar-refractivity contribution in [3.8, 4) is 0 Å². The van der Waals surface area contributed by atoms with Crippen LogP contribution >= 0.6 is 11.6 Å². The van der Waals surface area contributed by atoms with Gasteiger partial charge in [-0.05, 0) is 55.0 Å². The minimum atomic E-state index is -1.23. The number of nitrogens with zero attached hydrogens (tertiary/aromatic N) is 3. The van der Waals surface area contributed by atoms with Crippen LogP contribution < -0.4 is 4.90 Å². The Morgan fingerprint density at radius 2 is 1.74 bits per heavy atom. The minimum Gasteiger partial charge on any atom is -0.394 e. The van der Waals surface area contributed by atoms with Crippen molar-refractivity contribution in [2.45, 2.75) is 76.3 Å². The van der Waals surface area contributed by atoms with E-state index >= 15 is 0 Å². The summed E-state index contributed by atoms with van der Waals surface area (Å²) < 4.78 is 7.05. The van der Waals surface area contributed by atoms with Gasteiger partial charge >= 0.3 is 0 Å². The number of carbonyl (C=O) groups excluding carboxylic acids is 3. The van der Waals surface area contributed by atoms with Crippen molar-refractivity contribution in [3.05, 3.63) is 90.5 Å². The molecule has 5 rings (SSSR count). The number of aliphatic hydroxyl groups excluding tert-OH is 1. The van der Waals surface area contributed by atoms with Crippen LogP contribution in [0.3, 0.4) is 0 Å². The van der Waals surface area contributed by atoms with Crippen molar-refractivity contribution in [2.24, 2.45) is 17.8 Å². The van der Waals surface area contributed by atoms with E-state index in [1.165, 1.54) is 0 Å². The van der Waals surface area contributed by atoms with Gasteiger partial charge in [-0.1, -0.05) is 81.3 Å². The maximum atomic E-state index is 15.0. The average Bonchev–Trinajstić information content (AvgIpc) is 3.68. The first-order valence-corrected chi connectivity index (χ1v) is 16.7. The van der Waals surface area contributed by atoms with Gasteiger partial charge < -0.3 is 24.5 Å². The number of aliphatic hydroxyl groups is 1. The lowest BCUT2D eigenvalue weighted by molar-refractivity contribution is -0.154. The third-order valence-corrected chi connectivity index (χ3v) is 10.8. The van der Waals surface area contributed by atoms with Crippen molar-refractivity contribution >= 4 is 35.0 Å².